The van der Waals surface area contributed by atoms with Crippen molar-refractivity contribution in [2.75, 3.05) is 32.7 Å². The summed E-state index contributed by atoms with van der Waals surface area (Å²) in [7, 11) is 0. The molecule has 166 valence electrons. The number of hydrogen-bond donors (Lipinski definition) is 0. The van der Waals surface area contributed by atoms with Gasteiger partial charge in [0.25, 0.3) is 0 Å². The number of rotatable bonds is 6. The summed E-state index contributed by atoms with van der Waals surface area (Å²) in [6.07, 6.45) is 13.9. The van der Waals surface area contributed by atoms with Crippen LogP contribution in [0.2, 0.25) is 0 Å². The van der Waals surface area contributed by atoms with E-state index in [1.54, 1.807) is 0 Å². The lowest BCUT2D eigenvalue weighted by molar-refractivity contribution is 0.166. The maximum Gasteiger partial charge on any atom is 0.0623 e. The average molecular weight is 443 g/mol. The number of hydrogen-bond acceptors (Lipinski definition) is 3. The van der Waals surface area contributed by atoms with Gasteiger partial charge in [0.05, 0.1) is 5.54 Å². The van der Waals surface area contributed by atoms with Crippen molar-refractivity contribution >= 4 is 17.1 Å². The Balaban J connectivity index is 1.20. The molecule has 2 nitrogen and oxygen atoms in total. The predicted octanol–water partition coefficient (Wildman–Crippen LogP) is 5.67. The number of allylic oxidation sites excluding steroid dienone is 2. The molecule has 0 saturated carbocycles. The molecule has 2 aliphatic heterocycles. The monoisotopic (exact) mass is 442 g/mol. The lowest BCUT2D eigenvalue weighted by atomic mass is 9.85. The molecule has 0 spiro atoms. The van der Waals surface area contributed by atoms with Crippen molar-refractivity contribution in [3.05, 3.63) is 96.1 Å². The molecule has 5 rings (SSSR count). The van der Waals surface area contributed by atoms with E-state index < -0.39 is 0 Å². The zero-order valence-electron chi connectivity index (χ0n) is 18.9. The minimum atomic E-state index is -0.0429. The van der Waals surface area contributed by atoms with E-state index in [2.05, 4.69) is 94.8 Å². The van der Waals surface area contributed by atoms with Crippen LogP contribution in [0.5, 0.6) is 0 Å². The number of nitrogens with zero attached hydrogens (tertiary/aromatic N) is 2. The first-order valence-electron chi connectivity index (χ1n) is 12.2. The zero-order valence-corrected chi connectivity index (χ0v) is 19.7. The zero-order chi connectivity index (χ0) is 21.8. The number of piperidine rings is 1. The van der Waals surface area contributed by atoms with Gasteiger partial charge in [-0.3, -0.25) is 4.90 Å². The van der Waals surface area contributed by atoms with Crippen molar-refractivity contribution in [1.29, 1.82) is 0 Å². The Labute approximate surface area is 198 Å². The SMILES string of the molecule is S=C1C=CC(Cc2ccccc2)(N2CCC(CN3CCC(c4ccccc4)CC3)C2)C=C1. The fourth-order valence-electron chi connectivity index (χ4n) is 5.83. The van der Waals surface area contributed by atoms with E-state index in [1.807, 2.05) is 0 Å². The predicted molar refractivity (Wildman–Crippen MR) is 138 cm³/mol. The van der Waals surface area contributed by atoms with Gasteiger partial charge >= 0.3 is 0 Å². The Morgan fingerprint density at radius 2 is 1.47 bits per heavy atom. The van der Waals surface area contributed by atoms with Gasteiger partial charge in [-0.15, -0.1) is 0 Å². The molecule has 32 heavy (non-hydrogen) atoms. The van der Waals surface area contributed by atoms with Gasteiger partial charge in [0.1, 0.15) is 0 Å². The molecule has 0 radical (unpaired) electrons. The third-order valence-electron chi connectivity index (χ3n) is 7.65. The highest BCUT2D eigenvalue weighted by Gasteiger charge is 2.38. The van der Waals surface area contributed by atoms with Crippen molar-refractivity contribution < 1.29 is 0 Å². The van der Waals surface area contributed by atoms with Crippen molar-refractivity contribution in [2.45, 2.75) is 37.1 Å². The second kappa shape index (κ2) is 9.82. The molecule has 2 fully saturated rings. The first-order valence-corrected chi connectivity index (χ1v) is 12.6. The molecular formula is C29H34N2S. The van der Waals surface area contributed by atoms with Crippen molar-refractivity contribution in [1.82, 2.24) is 9.80 Å². The van der Waals surface area contributed by atoms with Crippen LogP contribution in [0.4, 0.5) is 0 Å². The van der Waals surface area contributed by atoms with E-state index in [9.17, 15) is 0 Å². The van der Waals surface area contributed by atoms with Gasteiger partial charge in [-0.1, -0.05) is 85.0 Å². The molecule has 2 aromatic carbocycles. The van der Waals surface area contributed by atoms with Gasteiger partial charge in [-0.25, -0.2) is 0 Å². The minimum Gasteiger partial charge on any atom is -0.303 e. The molecule has 1 unspecified atom stereocenters. The standard InChI is InChI=1S/C29H34N2S/c32-28-11-16-29(17-12-28,21-24-7-3-1-4-8-24)31-20-13-25(23-31)22-30-18-14-27(15-19-30)26-9-5-2-6-10-26/h1-12,16-17,25,27H,13-15,18-23H2. The minimum absolute atomic E-state index is 0.0429. The van der Waals surface area contributed by atoms with Crippen LogP contribution in [0.15, 0.2) is 85.0 Å². The molecule has 3 heteroatoms. The third kappa shape index (κ3) is 4.96. The molecule has 1 aliphatic carbocycles. The van der Waals surface area contributed by atoms with Crippen molar-refractivity contribution in [2.24, 2.45) is 5.92 Å². The van der Waals surface area contributed by atoms with E-state index >= 15 is 0 Å². The second-order valence-corrected chi connectivity index (χ2v) is 10.3. The Morgan fingerprint density at radius 3 is 2.16 bits per heavy atom. The van der Waals surface area contributed by atoms with Crippen molar-refractivity contribution in [3.8, 4) is 0 Å². The summed E-state index contributed by atoms with van der Waals surface area (Å²) < 4.78 is 0. The van der Waals surface area contributed by atoms with Crippen LogP contribution in [-0.2, 0) is 6.42 Å². The summed E-state index contributed by atoms with van der Waals surface area (Å²) in [4.78, 5) is 6.36. The molecule has 0 bridgehead atoms. The number of thiocarbonyl (C=S) groups is 1. The molecule has 1 atom stereocenters. The highest BCUT2D eigenvalue weighted by atomic mass is 32.1. The Hall–Kier alpha value is -2.07. The van der Waals surface area contributed by atoms with E-state index in [0.29, 0.717) is 0 Å². The topological polar surface area (TPSA) is 6.48 Å². The molecule has 0 N–H and O–H groups in total. The Bertz CT molecular complexity index is 941. The van der Waals surface area contributed by atoms with Gasteiger partial charge in [0.2, 0.25) is 0 Å². The molecular weight excluding hydrogens is 408 g/mol. The van der Waals surface area contributed by atoms with Crippen LogP contribution in [0, 0.1) is 5.92 Å². The summed E-state index contributed by atoms with van der Waals surface area (Å²) in [5, 5.41) is 0. The lowest BCUT2D eigenvalue weighted by Crippen LogP contribution is -2.48. The van der Waals surface area contributed by atoms with Gasteiger partial charge < -0.3 is 4.90 Å². The Morgan fingerprint density at radius 1 is 0.812 bits per heavy atom. The summed E-state index contributed by atoms with van der Waals surface area (Å²) in [5.41, 5.74) is 2.87. The smallest absolute Gasteiger partial charge is 0.0623 e. The van der Waals surface area contributed by atoms with Crippen LogP contribution in [-0.4, -0.2) is 52.9 Å². The van der Waals surface area contributed by atoms with Crippen LogP contribution in [0.3, 0.4) is 0 Å². The Kier molecular flexibility index (Phi) is 6.68. The van der Waals surface area contributed by atoms with Crippen LogP contribution in [0.25, 0.3) is 0 Å². The summed E-state index contributed by atoms with van der Waals surface area (Å²) in [6.45, 7) is 6.05. The molecule has 2 aromatic rings. The average Bonchev–Trinajstić information content (AvgIpc) is 3.32. The van der Waals surface area contributed by atoms with Crippen molar-refractivity contribution in [3.63, 3.8) is 0 Å². The van der Waals surface area contributed by atoms with E-state index in [1.165, 1.54) is 63.1 Å². The third-order valence-corrected chi connectivity index (χ3v) is 7.92. The lowest BCUT2D eigenvalue weighted by Gasteiger charge is -2.39. The number of benzene rings is 2. The maximum atomic E-state index is 5.42. The second-order valence-electron chi connectivity index (χ2n) is 9.81. The van der Waals surface area contributed by atoms with E-state index in [0.717, 1.165) is 23.1 Å². The first kappa shape index (κ1) is 21.8. The highest BCUT2D eigenvalue weighted by Crippen LogP contribution is 2.34. The van der Waals surface area contributed by atoms with Crippen LogP contribution in [0.1, 0.15) is 36.3 Å². The van der Waals surface area contributed by atoms with Crippen LogP contribution < -0.4 is 0 Å². The first-order chi connectivity index (χ1) is 15.7. The molecule has 2 saturated heterocycles. The van der Waals surface area contributed by atoms with Gasteiger partial charge in [0.15, 0.2) is 0 Å². The molecule has 3 aliphatic rings. The van der Waals surface area contributed by atoms with Gasteiger partial charge in [-0.2, -0.15) is 0 Å². The molecule has 0 aromatic heterocycles. The van der Waals surface area contributed by atoms with Crippen LogP contribution >= 0.6 is 12.2 Å². The van der Waals surface area contributed by atoms with E-state index in [4.69, 9.17) is 12.2 Å². The van der Waals surface area contributed by atoms with Gasteiger partial charge in [0, 0.05) is 18.0 Å². The quantitative estimate of drug-likeness (QED) is 0.533. The van der Waals surface area contributed by atoms with Gasteiger partial charge in [-0.05, 0) is 80.4 Å². The summed E-state index contributed by atoms with van der Waals surface area (Å²) >= 11 is 5.42. The largest absolute Gasteiger partial charge is 0.303 e. The molecule has 2 heterocycles. The highest BCUT2D eigenvalue weighted by molar-refractivity contribution is 7.81. The fraction of sp³-hybridized carbons (Fsp3) is 0.414. The molecule has 0 amide bonds. The summed E-state index contributed by atoms with van der Waals surface area (Å²) in [6, 6.07) is 22.0. The normalized spacial score (nSPS) is 24.2. The number of likely N-dealkylation sites (tertiary alicyclic amines) is 2. The summed E-state index contributed by atoms with van der Waals surface area (Å²) in [5.74, 6) is 1.50. The van der Waals surface area contributed by atoms with E-state index in [-0.39, 0.29) is 5.54 Å². The fourth-order valence-corrected chi connectivity index (χ4v) is 5.96. The maximum absolute atomic E-state index is 5.42.